The van der Waals surface area contributed by atoms with Gasteiger partial charge in [-0.25, -0.2) is 0 Å². The summed E-state index contributed by atoms with van der Waals surface area (Å²) in [4.78, 5) is 13.3. The van der Waals surface area contributed by atoms with E-state index in [9.17, 15) is 40.5 Å². The SMILES string of the molecule is CCCCCCCCCCCCCCC/C=C\C/C=C\CCCCCCCCCCCCCCCCCCC(O)C(=O)NC(COC1OC(CO)C(O)C(O)C1O)C(O)C(O)CCC/C=C/CCCCCCCCCCCCCCCCCC. The molecule has 0 aromatic rings. The van der Waals surface area contributed by atoms with Crippen molar-refractivity contribution < 1.29 is 50.0 Å². The predicted molar refractivity (Wildman–Crippen MR) is 353 cm³/mol. The summed E-state index contributed by atoms with van der Waals surface area (Å²) in [5.41, 5.74) is 0. The van der Waals surface area contributed by atoms with Crippen LogP contribution in [-0.4, -0.2) is 110 Å². The first-order chi connectivity index (χ1) is 41.2. The number of aliphatic hydroxyl groups is 7. The summed E-state index contributed by atoms with van der Waals surface area (Å²) in [5.74, 6) is -0.701. The summed E-state index contributed by atoms with van der Waals surface area (Å²) >= 11 is 0. The van der Waals surface area contributed by atoms with Crippen LogP contribution >= 0.6 is 0 Å². The molecule has 9 unspecified atom stereocenters. The van der Waals surface area contributed by atoms with Gasteiger partial charge in [-0.1, -0.05) is 320 Å². The molecule has 1 saturated heterocycles. The number of hydrogen-bond donors (Lipinski definition) is 8. The van der Waals surface area contributed by atoms with Crippen LogP contribution in [0.1, 0.15) is 354 Å². The third-order valence-corrected chi connectivity index (χ3v) is 17.7. The molecule has 8 N–H and O–H groups in total. The zero-order valence-electron chi connectivity index (χ0n) is 54.9. The summed E-state index contributed by atoms with van der Waals surface area (Å²) in [6.45, 7) is 3.50. The molecular weight excluding hydrogens is 1050 g/mol. The predicted octanol–water partition coefficient (Wildman–Crippen LogP) is 17.8. The number of nitrogens with one attached hydrogen (secondary N) is 1. The van der Waals surface area contributed by atoms with E-state index in [2.05, 4.69) is 55.6 Å². The number of rotatable bonds is 64. The zero-order chi connectivity index (χ0) is 61.0. The van der Waals surface area contributed by atoms with Crippen molar-refractivity contribution in [2.24, 2.45) is 0 Å². The van der Waals surface area contributed by atoms with Gasteiger partial charge in [0.1, 0.15) is 36.6 Å². The first-order valence-electron chi connectivity index (χ1n) is 36.4. The fourth-order valence-corrected chi connectivity index (χ4v) is 11.8. The Kier molecular flexibility index (Phi) is 58.9. The van der Waals surface area contributed by atoms with E-state index in [1.54, 1.807) is 0 Å². The molecule has 1 rings (SSSR count). The van der Waals surface area contributed by atoms with E-state index in [1.807, 2.05) is 0 Å². The van der Waals surface area contributed by atoms with Crippen molar-refractivity contribution in [2.45, 2.75) is 409 Å². The van der Waals surface area contributed by atoms with Crippen LogP contribution in [0.5, 0.6) is 0 Å². The van der Waals surface area contributed by atoms with Gasteiger partial charge in [0.2, 0.25) is 5.91 Å². The highest BCUT2D eigenvalue weighted by Crippen LogP contribution is 2.24. The van der Waals surface area contributed by atoms with Crippen LogP contribution in [0, 0.1) is 0 Å². The molecule has 9 atom stereocenters. The summed E-state index contributed by atoms with van der Waals surface area (Å²) in [6, 6.07) is -1.19. The van der Waals surface area contributed by atoms with Crippen LogP contribution in [0.4, 0.5) is 0 Å². The molecule has 0 aromatic heterocycles. The van der Waals surface area contributed by atoms with Crippen LogP contribution in [0.25, 0.3) is 0 Å². The number of unbranched alkanes of at least 4 members (excludes halogenated alkanes) is 46. The molecule has 0 saturated carbocycles. The Morgan fingerprint density at radius 1 is 0.417 bits per heavy atom. The van der Waals surface area contributed by atoms with Crippen molar-refractivity contribution in [3.63, 3.8) is 0 Å². The highest BCUT2D eigenvalue weighted by Gasteiger charge is 2.44. The van der Waals surface area contributed by atoms with Crippen molar-refractivity contribution in [3.05, 3.63) is 36.5 Å². The van der Waals surface area contributed by atoms with Crippen LogP contribution < -0.4 is 5.32 Å². The minimum absolute atomic E-state index is 0.256. The van der Waals surface area contributed by atoms with Crippen LogP contribution in [0.3, 0.4) is 0 Å². The number of ether oxygens (including phenoxy) is 2. The second kappa shape index (κ2) is 61.6. The fraction of sp³-hybridized carbons (Fsp3) is 0.904. The molecule has 1 heterocycles. The lowest BCUT2D eigenvalue weighted by atomic mass is 9.98. The van der Waals surface area contributed by atoms with Crippen LogP contribution in [0.2, 0.25) is 0 Å². The average Bonchev–Trinajstić information content (AvgIpc) is 3.67. The van der Waals surface area contributed by atoms with Gasteiger partial charge < -0.3 is 50.5 Å². The molecule has 1 aliphatic rings. The quantitative estimate of drug-likeness (QED) is 0.0215. The number of carbonyl (C=O) groups is 1. The highest BCUT2D eigenvalue weighted by atomic mass is 16.7. The van der Waals surface area contributed by atoms with Gasteiger partial charge in [-0.05, 0) is 70.6 Å². The number of allylic oxidation sites excluding steroid dienone is 6. The first kappa shape index (κ1) is 80.3. The lowest BCUT2D eigenvalue weighted by Gasteiger charge is -2.40. The van der Waals surface area contributed by atoms with E-state index < -0.39 is 74.2 Å². The van der Waals surface area contributed by atoms with Crippen molar-refractivity contribution in [3.8, 4) is 0 Å². The van der Waals surface area contributed by atoms with Gasteiger partial charge in [-0.15, -0.1) is 0 Å². The maximum Gasteiger partial charge on any atom is 0.249 e. The molecule has 1 fully saturated rings. The second-order valence-electron chi connectivity index (χ2n) is 25.7. The average molecular weight is 1190 g/mol. The Bertz CT molecular complexity index is 1460. The van der Waals surface area contributed by atoms with Gasteiger partial charge in [0.15, 0.2) is 6.29 Å². The van der Waals surface area contributed by atoms with Crippen molar-refractivity contribution >= 4 is 5.91 Å². The first-order valence-corrected chi connectivity index (χ1v) is 36.4. The van der Waals surface area contributed by atoms with Gasteiger partial charge in [-0.3, -0.25) is 4.79 Å². The summed E-state index contributed by atoms with van der Waals surface area (Å²) in [7, 11) is 0. The maximum absolute atomic E-state index is 13.3. The van der Waals surface area contributed by atoms with Crippen molar-refractivity contribution in [2.75, 3.05) is 13.2 Å². The largest absolute Gasteiger partial charge is 0.394 e. The molecule has 496 valence electrons. The summed E-state index contributed by atoms with van der Waals surface area (Å²) < 4.78 is 11.2. The van der Waals surface area contributed by atoms with Crippen molar-refractivity contribution in [1.29, 1.82) is 0 Å². The summed E-state index contributed by atoms with van der Waals surface area (Å²) in [6.07, 6.45) is 68.2. The number of amides is 1. The molecule has 1 amide bonds. The normalized spacial score (nSPS) is 19.1. The summed E-state index contributed by atoms with van der Waals surface area (Å²) in [5, 5.41) is 76.5. The van der Waals surface area contributed by atoms with Crippen molar-refractivity contribution in [1.82, 2.24) is 5.32 Å². The fourth-order valence-electron chi connectivity index (χ4n) is 11.8. The second-order valence-corrected chi connectivity index (χ2v) is 25.7. The molecule has 1 aliphatic heterocycles. The van der Waals surface area contributed by atoms with Gasteiger partial charge in [-0.2, -0.15) is 0 Å². The van der Waals surface area contributed by atoms with E-state index in [0.717, 1.165) is 44.9 Å². The Balaban J connectivity index is 2.16. The minimum Gasteiger partial charge on any atom is -0.394 e. The molecular formula is C73H139NO10. The molecule has 0 aliphatic carbocycles. The number of aliphatic hydroxyl groups excluding tert-OH is 7. The third-order valence-electron chi connectivity index (χ3n) is 17.7. The topological polar surface area (TPSA) is 189 Å². The molecule has 0 radical (unpaired) electrons. The number of hydrogen-bond acceptors (Lipinski definition) is 10. The lowest BCUT2D eigenvalue weighted by Crippen LogP contribution is -2.60. The molecule has 0 spiro atoms. The number of carbonyl (C=O) groups excluding carboxylic acids is 1. The minimum atomic E-state index is -1.67. The molecule has 11 nitrogen and oxygen atoms in total. The Morgan fingerprint density at radius 2 is 0.738 bits per heavy atom. The standard InChI is InChI=1S/C73H139NO10/c1-3-5-7-9-11-13-15-17-19-21-23-25-26-27-28-29-30-31-32-33-34-35-36-37-38-39-41-43-45-47-49-51-53-55-57-59-61-66(77)72(82)74-64(63-83-73-71(81)70(80)69(79)67(62-75)84-73)68(78)65(76)60-58-56-54-52-50-48-46-44-42-40-24-22-20-18-16-14-12-10-8-6-4-2/h28-29,31-32,52,54,64-71,73,75-81H,3-27,30,33-51,53,55-63H2,1-2H3,(H,74,82)/b29-28-,32-31-,54-52+. The Morgan fingerprint density at radius 3 is 1.10 bits per heavy atom. The van der Waals surface area contributed by atoms with Gasteiger partial charge in [0.05, 0.1) is 25.4 Å². The van der Waals surface area contributed by atoms with Crippen LogP contribution in [-0.2, 0) is 14.3 Å². The molecule has 0 aromatic carbocycles. The molecule has 11 heteroatoms. The van der Waals surface area contributed by atoms with E-state index in [4.69, 9.17) is 9.47 Å². The van der Waals surface area contributed by atoms with Gasteiger partial charge in [0.25, 0.3) is 0 Å². The smallest absolute Gasteiger partial charge is 0.249 e. The zero-order valence-corrected chi connectivity index (χ0v) is 54.9. The Labute approximate surface area is 517 Å². The molecule has 84 heavy (non-hydrogen) atoms. The maximum atomic E-state index is 13.3. The van der Waals surface area contributed by atoms with Crippen LogP contribution in [0.15, 0.2) is 36.5 Å². The van der Waals surface area contributed by atoms with E-state index >= 15 is 0 Å². The molecule has 0 bridgehead atoms. The third kappa shape index (κ3) is 48.3. The lowest BCUT2D eigenvalue weighted by molar-refractivity contribution is -0.303. The van der Waals surface area contributed by atoms with Gasteiger partial charge in [0, 0.05) is 0 Å². The highest BCUT2D eigenvalue weighted by molar-refractivity contribution is 5.80. The van der Waals surface area contributed by atoms with Gasteiger partial charge >= 0.3 is 0 Å². The van der Waals surface area contributed by atoms with E-state index in [1.165, 1.54) is 270 Å². The monoisotopic (exact) mass is 1190 g/mol. The van der Waals surface area contributed by atoms with E-state index in [-0.39, 0.29) is 12.8 Å². The Hall–Kier alpha value is -1.67. The van der Waals surface area contributed by atoms with E-state index in [0.29, 0.717) is 12.8 Å².